The molecule has 0 spiro atoms. The van der Waals surface area contributed by atoms with Gasteiger partial charge in [-0.05, 0) is 25.8 Å². The van der Waals surface area contributed by atoms with E-state index in [1.807, 2.05) is 31.2 Å². The molecule has 2 aromatic heterocycles. The molecule has 0 bridgehead atoms. The summed E-state index contributed by atoms with van der Waals surface area (Å²) in [5, 5.41) is 7.07. The zero-order valence-electron chi connectivity index (χ0n) is 15.1. The van der Waals surface area contributed by atoms with Gasteiger partial charge in [0.2, 0.25) is 11.7 Å². The summed E-state index contributed by atoms with van der Waals surface area (Å²) in [5.41, 5.74) is 2.75. The molecule has 1 saturated heterocycles. The third-order valence-corrected chi connectivity index (χ3v) is 4.67. The Bertz CT molecular complexity index is 908. The number of rotatable bonds is 4. The van der Waals surface area contributed by atoms with Gasteiger partial charge in [-0.1, -0.05) is 35.0 Å². The Hall–Kier alpha value is -3.22. The number of piperidine rings is 1. The smallest absolute Gasteiger partial charge is 0.290 e. The van der Waals surface area contributed by atoms with Crippen LogP contribution in [0.1, 0.15) is 29.0 Å². The van der Waals surface area contributed by atoms with Gasteiger partial charge in [0, 0.05) is 43.2 Å². The molecule has 7 nitrogen and oxygen atoms in total. The first-order valence-electron chi connectivity index (χ1n) is 9.05. The van der Waals surface area contributed by atoms with E-state index in [0.717, 1.165) is 24.9 Å². The summed E-state index contributed by atoms with van der Waals surface area (Å²) in [5.74, 6) is 0.665. The van der Waals surface area contributed by atoms with Crippen LogP contribution in [0, 0.1) is 6.92 Å². The number of amides is 1. The summed E-state index contributed by atoms with van der Waals surface area (Å²) in [6, 6.07) is 11.4. The molecule has 3 aromatic rings. The maximum absolute atomic E-state index is 12.6. The van der Waals surface area contributed by atoms with Crippen molar-refractivity contribution in [3.05, 3.63) is 60.1 Å². The van der Waals surface area contributed by atoms with Crippen molar-refractivity contribution in [3.63, 3.8) is 0 Å². The van der Waals surface area contributed by atoms with Crippen LogP contribution in [0.25, 0.3) is 11.3 Å². The zero-order valence-corrected chi connectivity index (χ0v) is 15.1. The molecule has 1 N–H and O–H groups in total. The van der Waals surface area contributed by atoms with Gasteiger partial charge in [-0.2, -0.15) is 0 Å². The fraction of sp³-hybridized carbons (Fsp3) is 0.300. The third kappa shape index (κ3) is 3.97. The van der Waals surface area contributed by atoms with Crippen LogP contribution in [-0.2, 0) is 0 Å². The average Bonchev–Trinajstić information content (AvgIpc) is 3.20. The number of anilines is 1. The van der Waals surface area contributed by atoms with Gasteiger partial charge in [0.05, 0.1) is 0 Å². The fourth-order valence-corrected chi connectivity index (χ4v) is 3.23. The molecule has 7 heteroatoms. The van der Waals surface area contributed by atoms with Crippen molar-refractivity contribution in [2.24, 2.45) is 0 Å². The van der Waals surface area contributed by atoms with Crippen molar-refractivity contribution in [2.45, 2.75) is 25.8 Å². The number of aryl methyl sites for hydroxylation is 1. The molecule has 1 atom stereocenters. The van der Waals surface area contributed by atoms with Crippen LogP contribution in [0.3, 0.4) is 0 Å². The van der Waals surface area contributed by atoms with E-state index >= 15 is 0 Å². The van der Waals surface area contributed by atoms with Crippen LogP contribution in [0.5, 0.6) is 0 Å². The number of aromatic nitrogens is 3. The predicted molar refractivity (Wildman–Crippen MR) is 101 cm³/mol. The number of nitrogens with zero attached hydrogens (tertiary/aromatic N) is 4. The van der Waals surface area contributed by atoms with E-state index in [1.54, 1.807) is 24.5 Å². The summed E-state index contributed by atoms with van der Waals surface area (Å²) in [7, 11) is 0. The SMILES string of the molecule is Cc1ccc(-c2cc(C(=O)NC3CCCN(c4ncccn4)C3)on2)cc1. The zero-order chi connectivity index (χ0) is 18.6. The molecule has 3 heterocycles. The molecule has 4 rings (SSSR count). The van der Waals surface area contributed by atoms with Crippen molar-refractivity contribution in [1.29, 1.82) is 0 Å². The van der Waals surface area contributed by atoms with Gasteiger partial charge in [-0.15, -0.1) is 0 Å². The Kier molecular flexibility index (Phi) is 4.82. The second kappa shape index (κ2) is 7.57. The highest BCUT2D eigenvalue weighted by Crippen LogP contribution is 2.20. The topological polar surface area (TPSA) is 84.2 Å². The lowest BCUT2D eigenvalue weighted by Crippen LogP contribution is -2.48. The molecule has 1 aliphatic heterocycles. The van der Waals surface area contributed by atoms with Gasteiger partial charge >= 0.3 is 0 Å². The molecule has 27 heavy (non-hydrogen) atoms. The van der Waals surface area contributed by atoms with Crippen LogP contribution in [-0.4, -0.2) is 40.2 Å². The standard InChI is InChI=1S/C20H21N5O2/c1-14-5-7-15(8-6-14)17-12-18(27-24-17)19(26)23-16-4-2-11-25(13-16)20-21-9-3-10-22-20/h3,5-10,12,16H,2,4,11,13H2,1H3,(H,23,26). The van der Waals surface area contributed by atoms with E-state index in [-0.39, 0.29) is 17.7 Å². The van der Waals surface area contributed by atoms with E-state index < -0.39 is 0 Å². The summed E-state index contributed by atoms with van der Waals surface area (Å²) in [6.07, 6.45) is 5.33. The van der Waals surface area contributed by atoms with Crippen LogP contribution in [0.15, 0.2) is 53.3 Å². The molecule has 1 unspecified atom stereocenters. The van der Waals surface area contributed by atoms with E-state index in [1.165, 1.54) is 5.56 Å². The van der Waals surface area contributed by atoms with Gasteiger partial charge in [0.1, 0.15) is 5.69 Å². The second-order valence-electron chi connectivity index (χ2n) is 6.75. The normalized spacial score (nSPS) is 16.9. The number of hydrogen-bond donors (Lipinski definition) is 1. The molecule has 0 radical (unpaired) electrons. The quantitative estimate of drug-likeness (QED) is 0.767. The Morgan fingerprint density at radius 2 is 2.00 bits per heavy atom. The summed E-state index contributed by atoms with van der Waals surface area (Å²) in [6.45, 7) is 3.59. The minimum atomic E-state index is -0.248. The van der Waals surface area contributed by atoms with Crippen molar-refractivity contribution in [1.82, 2.24) is 20.4 Å². The first-order chi connectivity index (χ1) is 13.2. The number of carbonyl (C=O) groups excluding carboxylic acids is 1. The Balaban J connectivity index is 1.41. The third-order valence-electron chi connectivity index (χ3n) is 4.67. The molecule has 1 aliphatic rings. The fourth-order valence-electron chi connectivity index (χ4n) is 3.23. The Morgan fingerprint density at radius 1 is 1.22 bits per heavy atom. The number of carbonyl (C=O) groups is 1. The molecule has 0 saturated carbocycles. The van der Waals surface area contributed by atoms with Crippen LogP contribution in [0.4, 0.5) is 5.95 Å². The lowest BCUT2D eigenvalue weighted by molar-refractivity contribution is 0.0896. The van der Waals surface area contributed by atoms with E-state index in [9.17, 15) is 4.79 Å². The molecule has 1 amide bonds. The first-order valence-corrected chi connectivity index (χ1v) is 9.05. The number of hydrogen-bond acceptors (Lipinski definition) is 6. The monoisotopic (exact) mass is 363 g/mol. The molecule has 1 aromatic carbocycles. The van der Waals surface area contributed by atoms with Gasteiger partial charge in [-0.25, -0.2) is 9.97 Å². The molecule has 138 valence electrons. The first kappa shape index (κ1) is 17.2. The second-order valence-corrected chi connectivity index (χ2v) is 6.75. The van der Waals surface area contributed by atoms with E-state index in [0.29, 0.717) is 18.2 Å². The lowest BCUT2D eigenvalue weighted by Gasteiger charge is -2.32. The summed E-state index contributed by atoms with van der Waals surface area (Å²) >= 11 is 0. The lowest BCUT2D eigenvalue weighted by atomic mass is 10.1. The number of nitrogens with one attached hydrogen (secondary N) is 1. The van der Waals surface area contributed by atoms with Gasteiger partial charge in [-0.3, -0.25) is 4.79 Å². The highest BCUT2D eigenvalue weighted by atomic mass is 16.5. The predicted octanol–water partition coefficient (Wildman–Crippen LogP) is 2.84. The Labute approximate surface area is 157 Å². The van der Waals surface area contributed by atoms with Gasteiger partial charge in [0.25, 0.3) is 5.91 Å². The summed E-state index contributed by atoms with van der Waals surface area (Å²) in [4.78, 5) is 23.2. The minimum absolute atomic E-state index is 0.0166. The van der Waals surface area contributed by atoms with Crippen LogP contribution < -0.4 is 10.2 Å². The molecule has 1 fully saturated rings. The van der Waals surface area contributed by atoms with Crippen LogP contribution in [0.2, 0.25) is 0 Å². The van der Waals surface area contributed by atoms with Gasteiger partial charge < -0.3 is 14.7 Å². The summed E-state index contributed by atoms with van der Waals surface area (Å²) < 4.78 is 5.26. The maximum atomic E-state index is 12.6. The highest BCUT2D eigenvalue weighted by molar-refractivity contribution is 5.92. The maximum Gasteiger partial charge on any atom is 0.290 e. The molecular formula is C20H21N5O2. The van der Waals surface area contributed by atoms with Crippen molar-refractivity contribution in [3.8, 4) is 11.3 Å². The molecular weight excluding hydrogens is 342 g/mol. The van der Waals surface area contributed by atoms with Crippen molar-refractivity contribution in [2.75, 3.05) is 18.0 Å². The van der Waals surface area contributed by atoms with E-state index in [4.69, 9.17) is 4.52 Å². The molecule has 0 aliphatic carbocycles. The van der Waals surface area contributed by atoms with Crippen LogP contribution >= 0.6 is 0 Å². The largest absolute Gasteiger partial charge is 0.350 e. The average molecular weight is 363 g/mol. The van der Waals surface area contributed by atoms with Crippen molar-refractivity contribution >= 4 is 11.9 Å². The van der Waals surface area contributed by atoms with Gasteiger partial charge in [0.15, 0.2) is 0 Å². The number of benzene rings is 1. The highest BCUT2D eigenvalue weighted by Gasteiger charge is 2.24. The van der Waals surface area contributed by atoms with E-state index in [2.05, 4.69) is 25.3 Å². The Morgan fingerprint density at radius 3 is 2.78 bits per heavy atom. The minimum Gasteiger partial charge on any atom is -0.350 e. The van der Waals surface area contributed by atoms with Crippen molar-refractivity contribution < 1.29 is 9.32 Å².